The normalized spacial score (nSPS) is 13.4. The molecule has 16 heavy (non-hydrogen) atoms. The van der Waals surface area contributed by atoms with Crippen LogP contribution >= 0.6 is 15.9 Å². The van der Waals surface area contributed by atoms with Crippen molar-refractivity contribution < 1.29 is 14.3 Å². The quantitative estimate of drug-likeness (QED) is 0.622. The number of alkyl halides is 1. The Balaban J connectivity index is 4.55. The molecule has 4 nitrogen and oxygen atoms in total. The van der Waals surface area contributed by atoms with Gasteiger partial charge in [-0.2, -0.15) is 0 Å². The van der Waals surface area contributed by atoms with Gasteiger partial charge in [-0.05, 0) is 26.2 Å². The molecule has 0 saturated heterocycles. The summed E-state index contributed by atoms with van der Waals surface area (Å²) in [5.74, 6) is -0.315. The Morgan fingerprint density at radius 2 is 1.88 bits per heavy atom. The summed E-state index contributed by atoms with van der Waals surface area (Å²) in [6.45, 7) is 7.43. The van der Waals surface area contributed by atoms with Crippen molar-refractivity contribution in [3.63, 3.8) is 0 Å². The number of nitrogens with one attached hydrogen (secondary N) is 1. The zero-order valence-corrected chi connectivity index (χ0v) is 12.1. The first-order valence-corrected chi connectivity index (χ1v) is 6.05. The van der Waals surface area contributed by atoms with Crippen molar-refractivity contribution in [3.8, 4) is 0 Å². The lowest BCUT2D eigenvalue weighted by molar-refractivity contribution is -0.145. The molecular formula is C11H20BrNO3. The van der Waals surface area contributed by atoms with E-state index in [4.69, 9.17) is 0 Å². The van der Waals surface area contributed by atoms with Crippen molar-refractivity contribution in [1.29, 1.82) is 0 Å². The van der Waals surface area contributed by atoms with Crippen LogP contribution in [0.4, 0.5) is 0 Å². The van der Waals surface area contributed by atoms with Crippen molar-refractivity contribution in [2.45, 2.75) is 44.5 Å². The number of carbonyl (C=O) groups is 2. The Kier molecular flexibility index (Phi) is 6.00. The molecule has 0 aromatic rings. The summed E-state index contributed by atoms with van der Waals surface area (Å²) in [4.78, 5) is 23.2. The van der Waals surface area contributed by atoms with Gasteiger partial charge in [0.05, 0.1) is 11.4 Å². The third kappa shape index (κ3) is 5.49. The van der Waals surface area contributed by atoms with Crippen LogP contribution in [-0.4, -0.2) is 29.4 Å². The van der Waals surface area contributed by atoms with Gasteiger partial charge in [0.1, 0.15) is 6.04 Å². The van der Waals surface area contributed by atoms with Gasteiger partial charge in [-0.1, -0.05) is 29.8 Å². The number of hydrogen-bond acceptors (Lipinski definition) is 3. The predicted octanol–water partition coefficient (Wildman–Crippen LogP) is 1.86. The molecule has 0 heterocycles. The van der Waals surface area contributed by atoms with Crippen LogP contribution < -0.4 is 5.32 Å². The van der Waals surface area contributed by atoms with Crippen LogP contribution in [0.15, 0.2) is 0 Å². The Labute approximate surface area is 105 Å². The number of carbonyl (C=O) groups excluding carboxylic acids is 2. The van der Waals surface area contributed by atoms with Crippen LogP contribution in [0.3, 0.4) is 0 Å². The van der Waals surface area contributed by atoms with Gasteiger partial charge in [0.25, 0.3) is 0 Å². The van der Waals surface area contributed by atoms with E-state index < -0.39 is 16.3 Å². The van der Waals surface area contributed by atoms with E-state index in [0.717, 1.165) is 0 Å². The third-order valence-electron chi connectivity index (χ3n) is 2.04. The zero-order valence-electron chi connectivity index (χ0n) is 10.5. The van der Waals surface area contributed by atoms with Crippen LogP contribution in [0.1, 0.15) is 34.1 Å². The van der Waals surface area contributed by atoms with E-state index in [-0.39, 0.29) is 5.91 Å². The van der Waals surface area contributed by atoms with E-state index in [1.807, 2.05) is 13.8 Å². The van der Waals surface area contributed by atoms with Gasteiger partial charge in [-0.15, -0.1) is 0 Å². The summed E-state index contributed by atoms with van der Waals surface area (Å²) in [7, 11) is 1.32. The molecule has 94 valence electrons. The number of rotatable bonds is 5. The minimum atomic E-state index is -0.684. The van der Waals surface area contributed by atoms with Crippen molar-refractivity contribution in [2.24, 2.45) is 5.92 Å². The maximum absolute atomic E-state index is 11.7. The summed E-state index contributed by atoms with van der Waals surface area (Å²) in [5, 5.41) is 2.68. The maximum atomic E-state index is 11.7. The molecule has 0 aliphatic rings. The smallest absolute Gasteiger partial charge is 0.328 e. The van der Waals surface area contributed by atoms with Gasteiger partial charge in [0.15, 0.2) is 0 Å². The van der Waals surface area contributed by atoms with E-state index in [1.54, 1.807) is 13.8 Å². The van der Waals surface area contributed by atoms with Crippen molar-refractivity contribution >= 4 is 27.8 Å². The van der Waals surface area contributed by atoms with Gasteiger partial charge in [0, 0.05) is 0 Å². The first kappa shape index (κ1) is 15.4. The SMILES string of the molecule is COC(=O)C(CC(C)C)NC(=O)C(C)(C)Br. The molecule has 1 atom stereocenters. The van der Waals surface area contributed by atoms with E-state index in [1.165, 1.54) is 7.11 Å². The predicted molar refractivity (Wildman–Crippen MR) is 66.4 cm³/mol. The minimum absolute atomic E-state index is 0.219. The molecule has 0 radical (unpaired) electrons. The van der Waals surface area contributed by atoms with E-state index in [0.29, 0.717) is 12.3 Å². The second kappa shape index (κ2) is 6.23. The molecule has 0 saturated carbocycles. The highest BCUT2D eigenvalue weighted by molar-refractivity contribution is 9.10. The molecule has 1 unspecified atom stereocenters. The molecule has 1 amide bonds. The van der Waals surface area contributed by atoms with E-state index in [9.17, 15) is 9.59 Å². The summed E-state index contributed by atoms with van der Waals surface area (Å²) < 4.78 is 3.97. The number of esters is 1. The van der Waals surface area contributed by atoms with Crippen LogP contribution in [-0.2, 0) is 14.3 Å². The number of amides is 1. The lowest BCUT2D eigenvalue weighted by atomic mass is 10.0. The standard InChI is InChI=1S/C11H20BrNO3/c1-7(2)6-8(9(14)16-5)13-10(15)11(3,4)12/h7-8H,6H2,1-5H3,(H,13,15). The Hall–Kier alpha value is -0.580. The van der Waals surface area contributed by atoms with Crippen LogP contribution in [0.25, 0.3) is 0 Å². The zero-order chi connectivity index (χ0) is 12.9. The second-order valence-corrected chi connectivity index (χ2v) is 6.63. The average Bonchev–Trinajstić information content (AvgIpc) is 2.13. The van der Waals surface area contributed by atoms with Gasteiger partial charge >= 0.3 is 5.97 Å². The number of hydrogen-bond donors (Lipinski definition) is 1. The lowest BCUT2D eigenvalue weighted by Gasteiger charge is -2.22. The van der Waals surface area contributed by atoms with Crippen LogP contribution in [0.2, 0.25) is 0 Å². The maximum Gasteiger partial charge on any atom is 0.328 e. The minimum Gasteiger partial charge on any atom is -0.467 e. The Morgan fingerprint density at radius 1 is 1.38 bits per heavy atom. The van der Waals surface area contributed by atoms with Crippen molar-refractivity contribution in [3.05, 3.63) is 0 Å². The topological polar surface area (TPSA) is 55.4 Å². The fourth-order valence-corrected chi connectivity index (χ4v) is 1.27. The number of methoxy groups -OCH3 is 1. The van der Waals surface area contributed by atoms with E-state index >= 15 is 0 Å². The van der Waals surface area contributed by atoms with Crippen molar-refractivity contribution in [2.75, 3.05) is 7.11 Å². The molecule has 0 bridgehead atoms. The monoisotopic (exact) mass is 293 g/mol. The van der Waals surface area contributed by atoms with Crippen molar-refractivity contribution in [1.82, 2.24) is 5.32 Å². The highest BCUT2D eigenvalue weighted by atomic mass is 79.9. The summed E-state index contributed by atoms with van der Waals surface area (Å²) >= 11 is 3.25. The van der Waals surface area contributed by atoms with Gasteiger partial charge in [-0.25, -0.2) is 4.79 Å². The lowest BCUT2D eigenvalue weighted by Crippen LogP contribution is -2.48. The molecule has 0 spiro atoms. The molecule has 1 N–H and O–H groups in total. The Morgan fingerprint density at radius 3 is 2.19 bits per heavy atom. The average molecular weight is 294 g/mol. The Bertz CT molecular complexity index is 258. The number of halogens is 1. The van der Waals surface area contributed by atoms with E-state index in [2.05, 4.69) is 26.0 Å². The molecular weight excluding hydrogens is 274 g/mol. The molecule has 0 fully saturated rings. The van der Waals surface area contributed by atoms with Crippen LogP contribution in [0.5, 0.6) is 0 Å². The molecule has 5 heteroatoms. The summed E-state index contributed by atoms with van der Waals surface area (Å²) in [6.07, 6.45) is 0.571. The summed E-state index contributed by atoms with van der Waals surface area (Å²) in [6, 6.07) is -0.575. The van der Waals surface area contributed by atoms with Gasteiger partial charge in [-0.3, -0.25) is 4.79 Å². The third-order valence-corrected chi connectivity index (χ3v) is 2.40. The fraction of sp³-hybridized carbons (Fsp3) is 0.818. The molecule has 0 rings (SSSR count). The molecule has 0 aromatic heterocycles. The molecule has 0 aliphatic carbocycles. The first-order chi connectivity index (χ1) is 7.18. The first-order valence-electron chi connectivity index (χ1n) is 5.26. The van der Waals surface area contributed by atoms with Crippen LogP contribution in [0, 0.1) is 5.92 Å². The second-order valence-electron chi connectivity index (χ2n) is 4.65. The molecule has 0 aromatic carbocycles. The van der Waals surface area contributed by atoms with Gasteiger partial charge < -0.3 is 10.1 Å². The molecule has 0 aliphatic heterocycles. The highest BCUT2D eigenvalue weighted by Gasteiger charge is 2.29. The largest absolute Gasteiger partial charge is 0.467 e. The highest BCUT2D eigenvalue weighted by Crippen LogP contribution is 2.17. The fourth-order valence-electron chi connectivity index (χ4n) is 1.16. The number of ether oxygens (including phenoxy) is 1. The van der Waals surface area contributed by atoms with Gasteiger partial charge in [0.2, 0.25) is 5.91 Å². The summed E-state index contributed by atoms with van der Waals surface area (Å²) in [5.41, 5.74) is 0.